The Kier molecular flexibility index (Phi) is 8.15. The van der Waals surface area contributed by atoms with Crippen molar-refractivity contribution in [1.29, 1.82) is 0 Å². The van der Waals surface area contributed by atoms with E-state index in [0.29, 0.717) is 0 Å². The topological polar surface area (TPSA) is 0 Å². The summed E-state index contributed by atoms with van der Waals surface area (Å²) in [4.78, 5) is 0. The molecule has 0 radical (unpaired) electrons. The van der Waals surface area contributed by atoms with Crippen molar-refractivity contribution in [1.82, 2.24) is 0 Å². The standard InChI is InChI=1S/C30H37Cl/c1-2-3-4-5-6-25-11-16-29-22-28(18-17-27(29)21-25)26-14-9-23(10-15-26)7-8-24-12-19-30(31)20-13-24/h9-10,12-15,19-20,25,27-29H,2-6,11,16-18,21-22H2,1H3. The van der Waals surface area contributed by atoms with Crippen LogP contribution >= 0.6 is 11.6 Å². The van der Waals surface area contributed by atoms with Crippen LogP contribution in [-0.4, -0.2) is 0 Å². The van der Waals surface area contributed by atoms with Gasteiger partial charge in [-0.25, -0.2) is 0 Å². The van der Waals surface area contributed by atoms with Gasteiger partial charge in [0.15, 0.2) is 0 Å². The fourth-order valence-corrected chi connectivity index (χ4v) is 6.05. The van der Waals surface area contributed by atoms with Crippen molar-refractivity contribution >= 4 is 11.6 Å². The smallest absolute Gasteiger partial charge is 0.0406 e. The lowest BCUT2D eigenvalue weighted by molar-refractivity contribution is 0.113. The third kappa shape index (κ3) is 6.40. The van der Waals surface area contributed by atoms with Gasteiger partial charge in [0.1, 0.15) is 0 Å². The Labute approximate surface area is 194 Å². The highest BCUT2D eigenvalue weighted by molar-refractivity contribution is 6.30. The Bertz CT molecular complexity index is 867. The van der Waals surface area contributed by atoms with Gasteiger partial charge in [-0.05, 0) is 97.7 Å². The predicted molar refractivity (Wildman–Crippen MR) is 134 cm³/mol. The van der Waals surface area contributed by atoms with Gasteiger partial charge in [-0.3, -0.25) is 0 Å². The molecule has 0 amide bonds. The minimum atomic E-state index is 0.751. The summed E-state index contributed by atoms with van der Waals surface area (Å²) in [7, 11) is 0. The van der Waals surface area contributed by atoms with Gasteiger partial charge in [-0.2, -0.15) is 0 Å². The molecule has 2 aromatic rings. The Hall–Kier alpha value is -1.71. The van der Waals surface area contributed by atoms with E-state index in [4.69, 9.17) is 11.6 Å². The van der Waals surface area contributed by atoms with Gasteiger partial charge in [0.25, 0.3) is 0 Å². The molecule has 1 heteroatoms. The molecule has 0 aromatic heterocycles. The van der Waals surface area contributed by atoms with Crippen molar-refractivity contribution in [2.75, 3.05) is 0 Å². The first kappa shape index (κ1) is 22.5. The van der Waals surface area contributed by atoms with Gasteiger partial charge in [0, 0.05) is 16.1 Å². The second kappa shape index (κ2) is 11.2. The van der Waals surface area contributed by atoms with E-state index in [1.165, 1.54) is 76.2 Å². The SMILES string of the molecule is CCCCCCC1CCC2CC(c3ccc(C#Cc4ccc(Cl)cc4)cc3)CCC2C1. The molecule has 2 fully saturated rings. The molecule has 31 heavy (non-hydrogen) atoms. The van der Waals surface area contributed by atoms with Gasteiger partial charge in [0.05, 0.1) is 0 Å². The molecule has 0 heterocycles. The first-order valence-corrected chi connectivity index (χ1v) is 13.0. The molecule has 4 unspecified atom stereocenters. The maximum Gasteiger partial charge on any atom is 0.0406 e. The normalized spacial score (nSPS) is 25.4. The number of unbranched alkanes of at least 4 members (excludes halogenated alkanes) is 3. The van der Waals surface area contributed by atoms with Gasteiger partial charge in [0.2, 0.25) is 0 Å². The summed E-state index contributed by atoms with van der Waals surface area (Å²) in [5.74, 6) is 10.3. The lowest BCUT2D eigenvalue weighted by Gasteiger charge is -2.42. The largest absolute Gasteiger partial charge is 0.0843 e. The number of halogens is 1. The maximum atomic E-state index is 5.95. The predicted octanol–water partition coefficient (Wildman–Crippen LogP) is 9.01. The number of benzene rings is 2. The summed E-state index contributed by atoms with van der Waals surface area (Å²) in [6.07, 6.45) is 15.9. The molecule has 2 saturated carbocycles. The van der Waals surface area contributed by atoms with E-state index in [1.807, 2.05) is 24.3 Å². The minimum absolute atomic E-state index is 0.751. The summed E-state index contributed by atoms with van der Waals surface area (Å²) in [6.45, 7) is 2.31. The van der Waals surface area contributed by atoms with Crippen molar-refractivity contribution < 1.29 is 0 Å². The number of fused-ring (bicyclic) bond motifs is 1. The molecule has 0 N–H and O–H groups in total. The first-order chi connectivity index (χ1) is 15.2. The van der Waals surface area contributed by atoms with Crippen LogP contribution in [0.25, 0.3) is 0 Å². The fourth-order valence-electron chi connectivity index (χ4n) is 5.93. The van der Waals surface area contributed by atoms with Gasteiger partial charge >= 0.3 is 0 Å². The van der Waals surface area contributed by atoms with Crippen LogP contribution in [0.4, 0.5) is 0 Å². The zero-order valence-corrected chi connectivity index (χ0v) is 19.8. The Morgan fingerprint density at radius 2 is 1.39 bits per heavy atom. The molecule has 0 spiro atoms. The van der Waals surface area contributed by atoms with E-state index < -0.39 is 0 Å². The molecule has 2 aliphatic carbocycles. The average Bonchev–Trinajstić information content (AvgIpc) is 2.81. The molecule has 4 rings (SSSR count). The zero-order valence-electron chi connectivity index (χ0n) is 19.1. The van der Waals surface area contributed by atoms with E-state index in [1.54, 1.807) is 0 Å². The molecule has 0 aliphatic heterocycles. The van der Waals surface area contributed by atoms with Crippen LogP contribution in [0.5, 0.6) is 0 Å². The second-order valence-corrected chi connectivity index (χ2v) is 10.4. The molecular weight excluding hydrogens is 396 g/mol. The third-order valence-electron chi connectivity index (χ3n) is 7.77. The van der Waals surface area contributed by atoms with Crippen molar-refractivity contribution in [3.8, 4) is 11.8 Å². The van der Waals surface area contributed by atoms with Crippen molar-refractivity contribution in [2.24, 2.45) is 17.8 Å². The summed E-state index contributed by atoms with van der Waals surface area (Å²) in [5.41, 5.74) is 3.63. The fraction of sp³-hybridized carbons (Fsp3) is 0.533. The Morgan fingerprint density at radius 3 is 2.10 bits per heavy atom. The van der Waals surface area contributed by atoms with E-state index in [2.05, 4.69) is 43.0 Å². The molecule has 0 saturated heterocycles. The summed E-state index contributed by atoms with van der Waals surface area (Å²) >= 11 is 5.95. The molecule has 164 valence electrons. The summed E-state index contributed by atoms with van der Waals surface area (Å²) < 4.78 is 0. The molecular formula is C30H37Cl. The quantitative estimate of drug-likeness (QED) is 0.315. The van der Waals surface area contributed by atoms with Crippen molar-refractivity contribution in [3.05, 3.63) is 70.2 Å². The zero-order chi connectivity index (χ0) is 21.5. The first-order valence-electron chi connectivity index (χ1n) is 12.6. The maximum absolute atomic E-state index is 5.95. The monoisotopic (exact) mass is 432 g/mol. The Balaban J connectivity index is 1.28. The lowest BCUT2D eigenvalue weighted by atomic mass is 9.63. The Morgan fingerprint density at radius 1 is 0.742 bits per heavy atom. The van der Waals surface area contributed by atoms with Crippen molar-refractivity contribution in [3.63, 3.8) is 0 Å². The van der Waals surface area contributed by atoms with E-state index in [0.717, 1.165) is 39.8 Å². The molecule has 2 aliphatic rings. The van der Waals surface area contributed by atoms with E-state index in [9.17, 15) is 0 Å². The van der Waals surface area contributed by atoms with Gasteiger partial charge < -0.3 is 0 Å². The molecule has 2 aromatic carbocycles. The van der Waals surface area contributed by atoms with Gasteiger partial charge in [-0.15, -0.1) is 0 Å². The lowest BCUT2D eigenvalue weighted by Crippen LogP contribution is -2.30. The van der Waals surface area contributed by atoms with Crippen molar-refractivity contribution in [2.45, 2.75) is 83.5 Å². The van der Waals surface area contributed by atoms with E-state index >= 15 is 0 Å². The van der Waals surface area contributed by atoms with Crippen LogP contribution in [0.3, 0.4) is 0 Å². The van der Waals surface area contributed by atoms with Crippen LogP contribution in [0.2, 0.25) is 5.02 Å². The van der Waals surface area contributed by atoms with Crippen LogP contribution in [0.1, 0.15) is 100 Å². The average molecular weight is 433 g/mol. The number of rotatable bonds is 6. The minimum Gasteiger partial charge on any atom is -0.0843 e. The third-order valence-corrected chi connectivity index (χ3v) is 8.02. The highest BCUT2D eigenvalue weighted by Gasteiger charge is 2.35. The van der Waals surface area contributed by atoms with Crippen LogP contribution in [0, 0.1) is 29.6 Å². The van der Waals surface area contributed by atoms with Crippen LogP contribution < -0.4 is 0 Å². The molecule has 0 nitrogen and oxygen atoms in total. The second-order valence-electron chi connectivity index (χ2n) is 9.94. The molecule has 0 bridgehead atoms. The van der Waals surface area contributed by atoms with Crippen LogP contribution in [0.15, 0.2) is 48.5 Å². The summed E-state index contributed by atoms with van der Waals surface area (Å²) in [6, 6.07) is 16.8. The van der Waals surface area contributed by atoms with E-state index in [-0.39, 0.29) is 0 Å². The van der Waals surface area contributed by atoms with Crippen LogP contribution in [-0.2, 0) is 0 Å². The summed E-state index contributed by atoms with van der Waals surface area (Å²) in [5, 5.41) is 0.755. The van der Waals surface area contributed by atoms with Gasteiger partial charge in [-0.1, -0.05) is 81.0 Å². The number of hydrogen-bond donors (Lipinski definition) is 0. The highest BCUT2D eigenvalue weighted by atomic mass is 35.5. The molecule has 4 atom stereocenters. The highest BCUT2D eigenvalue weighted by Crippen LogP contribution is 2.48. The number of hydrogen-bond acceptors (Lipinski definition) is 0.